The van der Waals surface area contributed by atoms with Crippen LogP contribution in [0.3, 0.4) is 0 Å². The summed E-state index contributed by atoms with van der Waals surface area (Å²) in [5, 5.41) is 6.79. The van der Waals surface area contributed by atoms with E-state index in [4.69, 9.17) is 22.1 Å². The third kappa shape index (κ3) is 3.81. The van der Waals surface area contributed by atoms with Crippen LogP contribution in [0, 0.1) is 0 Å². The van der Waals surface area contributed by atoms with E-state index in [1.165, 1.54) is 11.8 Å². The van der Waals surface area contributed by atoms with Gasteiger partial charge in [-0.25, -0.2) is 4.68 Å². The van der Waals surface area contributed by atoms with Crippen LogP contribution in [0.2, 0.25) is 0 Å². The van der Waals surface area contributed by atoms with Gasteiger partial charge in [0.15, 0.2) is 0 Å². The predicted molar refractivity (Wildman–Crippen MR) is 119 cm³/mol. The molecule has 1 fully saturated rings. The first-order valence-corrected chi connectivity index (χ1v) is 10.7. The van der Waals surface area contributed by atoms with Gasteiger partial charge in [0.05, 0.1) is 28.6 Å². The monoisotopic (exact) mass is 427 g/mol. The van der Waals surface area contributed by atoms with Crippen molar-refractivity contribution < 1.29 is 9.53 Å². The average molecular weight is 428 g/mol. The molecule has 8 heteroatoms. The van der Waals surface area contributed by atoms with E-state index in [2.05, 4.69) is 0 Å². The number of thiophene rings is 1. The smallest absolute Gasteiger partial charge is 0.266 e. The Labute approximate surface area is 176 Å². The lowest BCUT2D eigenvalue weighted by atomic mass is 10.2. The van der Waals surface area contributed by atoms with Crippen LogP contribution in [0.4, 0.5) is 0 Å². The minimum atomic E-state index is -0.0864. The van der Waals surface area contributed by atoms with Crippen LogP contribution >= 0.6 is 35.3 Å². The molecule has 5 nitrogen and oxygen atoms in total. The molecule has 142 valence electrons. The van der Waals surface area contributed by atoms with E-state index < -0.39 is 0 Å². The van der Waals surface area contributed by atoms with Gasteiger partial charge in [-0.2, -0.15) is 5.10 Å². The molecular weight excluding hydrogens is 410 g/mol. The first-order chi connectivity index (χ1) is 13.7. The third-order valence-corrected chi connectivity index (χ3v) is 6.45. The lowest BCUT2D eigenvalue weighted by Crippen LogP contribution is -2.31. The van der Waals surface area contributed by atoms with Crippen molar-refractivity contribution in [2.75, 3.05) is 20.3 Å². The molecule has 0 radical (unpaired) electrons. The SMILES string of the molecule is COCCN1C(=O)/C(=C/c2cn(-c3ccccc3)nc2-c2cccs2)SC1=S. The number of hydrogen-bond donors (Lipinski definition) is 0. The minimum absolute atomic E-state index is 0.0864. The molecule has 1 aliphatic heterocycles. The molecule has 1 saturated heterocycles. The number of carbonyl (C=O) groups excluding carboxylic acids is 1. The largest absolute Gasteiger partial charge is 0.383 e. The van der Waals surface area contributed by atoms with Gasteiger partial charge in [-0.05, 0) is 29.7 Å². The number of rotatable bonds is 6. The van der Waals surface area contributed by atoms with Gasteiger partial charge in [0, 0.05) is 18.9 Å². The summed E-state index contributed by atoms with van der Waals surface area (Å²) in [6, 6.07) is 13.9. The zero-order chi connectivity index (χ0) is 19.5. The van der Waals surface area contributed by atoms with Gasteiger partial charge >= 0.3 is 0 Å². The predicted octanol–water partition coefficient (Wildman–Crippen LogP) is 4.45. The number of methoxy groups -OCH3 is 1. The van der Waals surface area contributed by atoms with Crippen molar-refractivity contribution in [1.82, 2.24) is 14.7 Å². The fraction of sp³-hybridized carbons (Fsp3) is 0.150. The number of amides is 1. The van der Waals surface area contributed by atoms with Gasteiger partial charge < -0.3 is 4.74 Å². The van der Waals surface area contributed by atoms with Gasteiger partial charge in [-0.1, -0.05) is 48.2 Å². The molecule has 1 aromatic carbocycles. The second-order valence-corrected chi connectivity index (χ2v) is 8.64. The Balaban J connectivity index is 1.73. The highest BCUT2D eigenvalue weighted by molar-refractivity contribution is 8.26. The van der Waals surface area contributed by atoms with Crippen LogP contribution in [-0.4, -0.2) is 45.2 Å². The molecule has 0 bridgehead atoms. The minimum Gasteiger partial charge on any atom is -0.383 e. The molecular formula is C20H17N3O2S3. The Morgan fingerprint density at radius 2 is 2.04 bits per heavy atom. The lowest BCUT2D eigenvalue weighted by Gasteiger charge is -2.12. The molecule has 1 amide bonds. The Bertz CT molecular complexity index is 1030. The van der Waals surface area contributed by atoms with Crippen molar-refractivity contribution >= 4 is 51.6 Å². The van der Waals surface area contributed by atoms with Gasteiger partial charge in [0.25, 0.3) is 5.91 Å². The van der Waals surface area contributed by atoms with Gasteiger partial charge in [-0.15, -0.1) is 11.3 Å². The molecule has 1 aliphatic rings. The highest BCUT2D eigenvalue weighted by Gasteiger charge is 2.32. The van der Waals surface area contributed by atoms with Crippen molar-refractivity contribution in [2.45, 2.75) is 0 Å². The summed E-state index contributed by atoms with van der Waals surface area (Å²) in [7, 11) is 1.61. The second kappa shape index (κ2) is 8.40. The van der Waals surface area contributed by atoms with Crippen molar-refractivity contribution in [3.63, 3.8) is 0 Å². The number of carbonyl (C=O) groups is 1. The number of thiocarbonyl (C=S) groups is 1. The molecule has 0 N–H and O–H groups in total. The van der Waals surface area contributed by atoms with E-state index in [-0.39, 0.29) is 5.91 Å². The highest BCUT2D eigenvalue weighted by Crippen LogP contribution is 2.35. The molecule has 0 atom stereocenters. The van der Waals surface area contributed by atoms with E-state index in [9.17, 15) is 4.79 Å². The Kier molecular flexibility index (Phi) is 5.72. The second-order valence-electron chi connectivity index (χ2n) is 6.02. The van der Waals surface area contributed by atoms with Crippen LogP contribution in [0.5, 0.6) is 0 Å². The summed E-state index contributed by atoms with van der Waals surface area (Å²) >= 11 is 8.31. The first kappa shape index (κ1) is 19.1. The summed E-state index contributed by atoms with van der Waals surface area (Å²) in [4.78, 5) is 16.0. The molecule has 0 unspecified atom stereocenters. The molecule has 3 heterocycles. The van der Waals surface area contributed by atoms with E-state index in [0.717, 1.165) is 21.8 Å². The molecule has 2 aromatic heterocycles. The summed E-state index contributed by atoms with van der Waals surface area (Å²) < 4.78 is 7.48. The third-order valence-electron chi connectivity index (χ3n) is 4.20. The number of benzene rings is 1. The number of hydrogen-bond acceptors (Lipinski definition) is 6. The number of thioether (sulfide) groups is 1. The van der Waals surface area contributed by atoms with Crippen LogP contribution in [0.1, 0.15) is 5.56 Å². The summed E-state index contributed by atoms with van der Waals surface area (Å²) in [6.07, 6.45) is 3.83. The molecule has 0 saturated carbocycles. The Morgan fingerprint density at radius 1 is 1.21 bits per heavy atom. The molecule has 0 aliphatic carbocycles. The zero-order valence-corrected chi connectivity index (χ0v) is 17.5. The summed E-state index contributed by atoms with van der Waals surface area (Å²) in [6.45, 7) is 0.908. The van der Waals surface area contributed by atoms with Crippen LogP contribution < -0.4 is 0 Å². The molecule has 3 aromatic rings. The summed E-state index contributed by atoms with van der Waals surface area (Å²) in [5.74, 6) is -0.0864. The van der Waals surface area contributed by atoms with Gasteiger partial charge in [-0.3, -0.25) is 9.69 Å². The maximum atomic E-state index is 12.8. The van der Waals surface area contributed by atoms with Gasteiger partial charge in [0.2, 0.25) is 0 Å². The zero-order valence-electron chi connectivity index (χ0n) is 15.1. The number of para-hydroxylation sites is 1. The van der Waals surface area contributed by atoms with Crippen molar-refractivity contribution in [2.24, 2.45) is 0 Å². The number of aromatic nitrogens is 2. The maximum Gasteiger partial charge on any atom is 0.266 e. The van der Waals surface area contributed by atoms with E-state index in [0.29, 0.717) is 22.4 Å². The lowest BCUT2D eigenvalue weighted by molar-refractivity contribution is -0.122. The van der Waals surface area contributed by atoms with Crippen LogP contribution in [-0.2, 0) is 9.53 Å². The molecule has 0 spiro atoms. The van der Waals surface area contributed by atoms with Crippen molar-refractivity contribution in [3.8, 4) is 16.3 Å². The van der Waals surface area contributed by atoms with Crippen LogP contribution in [0.25, 0.3) is 22.3 Å². The fourth-order valence-electron chi connectivity index (χ4n) is 2.83. The topological polar surface area (TPSA) is 47.4 Å². The quantitative estimate of drug-likeness (QED) is 0.430. The highest BCUT2D eigenvalue weighted by atomic mass is 32.2. The Hall–Kier alpha value is -2.26. The fourth-order valence-corrected chi connectivity index (χ4v) is 4.86. The standard InChI is InChI=1S/C20H17N3O2S3/c1-25-10-9-22-19(24)17(28-20(22)26)12-14-13-23(15-6-3-2-4-7-15)21-18(14)16-8-5-11-27-16/h2-8,11-13H,9-10H2,1H3/b17-12-. The number of nitrogens with zero attached hydrogens (tertiary/aromatic N) is 3. The van der Waals surface area contributed by atoms with E-state index in [1.54, 1.807) is 23.3 Å². The molecule has 28 heavy (non-hydrogen) atoms. The first-order valence-electron chi connectivity index (χ1n) is 8.60. The molecule has 4 rings (SSSR count). The normalized spacial score (nSPS) is 15.8. The van der Waals surface area contributed by atoms with E-state index in [1.807, 2.05) is 64.8 Å². The van der Waals surface area contributed by atoms with Crippen molar-refractivity contribution in [1.29, 1.82) is 0 Å². The van der Waals surface area contributed by atoms with Crippen LogP contribution in [0.15, 0.2) is 58.9 Å². The number of ether oxygens (including phenoxy) is 1. The Morgan fingerprint density at radius 3 is 2.75 bits per heavy atom. The summed E-state index contributed by atoms with van der Waals surface area (Å²) in [5.41, 5.74) is 2.70. The maximum absolute atomic E-state index is 12.8. The van der Waals surface area contributed by atoms with Gasteiger partial charge in [0.1, 0.15) is 10.0 Å². The average Bonchev–Trinajstić information content (AvgIpc) is 3.42. The van der Waals surface area contributed by atoms with Crippen molar-refractivity contribution in [3.05, 3.63) is 64.5 Å². The van der Waals surface area contributed by atoms with E-state index >= 15 is 0 Å².